The van der Waals surface area contributed by atoms with E-state index in [4.69, 9.17) is 4.74 Å². The van der Waals surface area contributed by atoms with Gasteiger partial charge in [-0.15, -0.1) is 0 Å². The molecule has 1 rings (SSSR count). The molecule has 0 N–H and O–H groups in total. The zero-order valence-electron chi connectivity index (χ0n) is 8.62. The molecule has 13 heavy (non-hydrogen) atoms. The lowest BCUT2D eigenvalue weighted by Crippen LogP contribution is -2.14. The largest absolute Gasteiger partial charge is 0.498 e. The fourth-order valence-corrected chi connectivity index (χ4v) is 1.28. The van der Waals surface area contributed by atoms with Gasteiger partial charge in [-0.25, -0.2) is 0 Å². The second-order valence-corrected chi connectivity index (χ2v) is 3.59. The van der Waals surface area contributed by atoms with E-state index in [9.17, 15) is 0 Å². The van der Waals surface area contributed by atoms with Crippen LogP contribution in [0.1, 0.15) is 19.3 Å². The third-order valence-corrected chi connectivity index (χ3v) is 2.00. The van der Waals surface area contributed by atoms with Gasteiger partial charge >= 0.3 is 0 Å². The lowest BCUT2D eigenvalue weighted by Gasteiger charge is -2.13. The van der Waals surface area contributed by atoms with Crippen molar-refractivity contribution < 1.29 is 4.74 Å². The van der Waals surface area contributed by atoms with E-state index in [1.165, 1.54) is 0 Å². The molecule has 0 unspecified atom stereocenters. The molecule has 0 atom stereocenters. The molecule has 1 aliphatic rings. The first-order chi connectivity index (χ1) is 6.29. The minimum absolute atomic E-state index is 0.845. The van der Waals surface area contributed by atoms with Crippen molar-refractivity contribution in [1.82, 2.24) is 4.90 Å². The van der Waals surface area contributed by atoms with E-state index in [2.05, 4.69) is 37.2 Å². The molecular weight excluding hydrogens is 162 g/mol. The Hall–Kier alpha value is -0.760. The predicted octanol–water partition coefficient (Wildman–Crippen LogP) is 2.19. The maximum absolute atomic E-state index is 5.62. The molecule has 2 nitrogen and oxygen atoms in total. The van der Waals surface area contributed by atoms with Crippen LogP contribution in [0, 0.1) is 0 Å². The second-order valence-electron chi connectivity index (χ2n) is 3.59. The molecule has 0 fully saturated rings. The highest BCUT2D eigenvalue weighted by Crippen LogP contribution is 2.11. The summed E-state index contributed by atoms with van der Waals surface area (Å²) in [4.78, 5) is 2.18. The van der Waals surface area contributed by atoms with Gasteiger partial charge in [0.15, 0.2) is 0 Å². The molecule has 0 aliphatic heterocycles. The first-order valence-electron chi connectivity index (χ1n) is 4.90. The fourth-order valence-electron chi connectivity index (χ4n) is 1.28. The molecule has 0 spiro atoms. The molecule has 74 valence electrons. The lowest BCUT2D eigenvalue weighted by molar-refractivity contribution is 0.191. The highest BCUT2D eigenvalue weighted by Gasteiger charge is 1.99. The summed E-state index contributed by atoms with van der Waals surface area (Å²) in [5.74, 6) is 1.14. The van der Waals surface area contributed by atoms with Gasteiger partial charge in [0.1, 0.15) is 0 Å². The molecule has 0 saturated carbocycles. The average molecular weight is 181 g/mol. The first-order valence-corrected chi connectivity index (χ1v) is 4.90. The van der Waals surface area contributed by atoms with Crippen molar-refractivity contribution in [1.29, 1.82) is 0 Å². The molecule has 0 aromatic rings. The van der Waals surface area contributed by atoms with E-state index in [0.717, 1.165) is 38.2 Å². The molecule has 0 aromatic heterocycles. The van der Waals surface area contributed by atoms with E-state index >= 15 is 0 Å². The summed E-state index contributed by atoms with van der Waals surface area (Å²) in [6, 6.07) is 0. The van der Waals surface area contributed by atoms with Gasteiger partial charge in [-0.2, -0.15) is 0 Å². The third-order valence-electron chi connectivity index (χ3n) is 2.00. The van der Waals surface area contributed by atoms with Crippen LogP contribution in [0.3, 0.4) is 0 Å². The molecule has 0 radical (unpaired) electrons. The van der Waals surface area contributed by atoms with Crippen LogP contribution in [-0.4, -0.2) is 32.1 Å². The van der Waals surface area contributed by atoms with Crippen LogP contribution < -0.4 is 0 Å². The number of rotatable bonds is 5. The van der Waals surface area contributed by atoms with Crippen molar-refractivity contribution in [2.24, 2.45) is 0 Å². The Balaban J connectivity index is 2.02. The summed E-state index contributed by atoms with van der Waals surface area (Å²) in [6.07, 6.45) is 9.61. The lowest BCUT2D eigenvalue weighted by atomic mass is 10.2. The molecule has 0 heterocycles. The van der Waals surface area contributed by atoms with Gasteiger partial charge in [-0.3, -0.25) is 0 Å². The molecule has 1 aliphatic carbocycles. The Kier molecular flexibility index (Phi) is 4.61. The minimum atomic E-state index is 0.845. The zero-order chi connectivity index (χ0) is 9.52. The van der Waals surface area contributed by atoms with Crippen molar-refractivity contribution >= 4 is 0 Å². The second kappa shape index (κ2) is 5.81. The number of hydrogen-bond donors (Lipinski definition) is 0. The topological polar surface area (TPSA) is 12.5 Å². The SMILES string of the molecule is CN(C)CCCOC1=CCC=CC1. The summed E-state index contributed by atoms with van der Waals surface area (Å²) >= 11 is 0. The highest BCUT2D eigenvalue weighted by molar-refractivity contribution is 5.09. The Labute approximate surface area is 80.9 Å². The van der Waals surface area contributed by atoms with Gasteiger partial charge in [-0.1, -0.05) is 12.2 Å². The van der Waals surface area contributed by atoms with Crippen LogP contribution in [0.4, 0.5) is 0 Å². The van der Waals surface area contributed by atoms with E-state index in [-0.39, 0.29) is 0 Å². The highest BCUT2D eigenvalue weighted by atomic mass is 16.5. The molecule has 0 aromatic carbocycles. The first kappa shape index (κ1) is 10.3. The van der Waals surface area contributed by atoms with Crippen molar-refractivity contribution in [3.8, 4) is 0 Å². The van der Waals surface area contributed by atoms with Crippen LogP contribution in [0.15, 0.2) is 24.0 Å². The van der Waals surface area contributed by atoms with Crippen molar-refractivity contribution in [3.05, 3.63) is 24.0 Å². The van der Waals surface area contributed by atoms with Crippen molar-refractivity contribution in [2.45, 2.75) is 19.3 Å². The van der Waals surface area contributed by atoms with Crippen LogP contribution in [0.25, 0.3) is 0 Å². The summed E-state index contributed by atoms with van der Waals surface area (Å²) < 4.78 is 5.62. The van der Waals surface area contributed by atoms with Gasteiger partial charge in [0.05, 0.1) is 12.4 Å². The quantitative estimate of drug-likeness (QED) is 0.476. The maximum Gasteiger partial charge on any atom is 0.0960 e. The Morgan fingerprint density at radius 1 is 1.38 bits per heavy atom. The standard InChI is InChI=1S/C11H19NO/c1-12(2)9-6-10-13-11-7-4-3-5-8-11/h3-4,8H,5-7,9-10H2,1-2H3. The normalized spacial score (nSPS) is 16.1. The van der Waals surface area contributed by atoms with Crippen molar-refractivity contribution in [2.75, 3.05) is 27.2 Å². The maximum atomic E-state index is 5.62. The monoisotopic (exact) mass is 181 g/mol. The minimum Gasteiger partial charge on any atom is -0.498 e. The molecular formula is C11H19NO. The van der Waals surface area contributed by atoms with Crippen molar-refractivity contribution in [3.63, 3.8) is 0 Å². The third kappa shape index (κ3) is 4.73. The van der Waals surface area contributed by atoms with Gasteiger partial charge in [0, 0.05) is 13.0 Å². The molecule has 2 heteroatoms. The molecule has 0 amide bonds. The Morgan fingerprint density at radius 2 is 2.23 bits per heavy atom. The summed E-state index contributed by atoms with van der Waals surface area (Å²) in [6.45, 7) is 1.95. The van der Waals surface area contributed by atoms with E-state index < -0.39 is 0 Å². The smallest absolute Gasteiger partial charge is 0.0960 e. The fraction of sp³-hybridized carbons (Fsp3) is 0.636. The van der Waals surface area contributed by atoms with E-state index in [0.29, 0.717) is 0 Å². The predicted molar refractivity (Wildman–Crippen MR) is 55.6 cm³/mol. The van der Waals surface area contributed by atoms with Crippen LogP contribution in [0.2, 0.25) is 0 Å². The Morgan fingerprint density at radius 3 is 2.85 bits per heavy atom. The van der Waals surface area contributed by atoms with Gasteiger partial charge < -0.3 is 9.64 Å². The number of hydrogen-bond acceptors (Lipinski definition) is 2. The van der Waals surface area contributed by atoms with E-state index in [1.807, 2.05) is 0 Å². The number of allylic oxidation sites excluding steroid dienone is 3. The summed E-state index contributed by atoms with van der Waals surface area (Å²) in [7, 11) is 4.17. The Bertz CT molecular complexity index is 194. The summed E-state index contributed by atoms with van der Waals surface area (Å²) in [5, 5.41) is 0. The van der Waals surface area contributed by atoms with Crippen LogP contribution in [0.5, 0.6) is 0 Å². The van der Waals surface area contributed by atoms with E-state index in [1.54, 1.807) is 0 Å². The van der Waals surface area contributed by atoms with Crippen LogP contribution >= 0.6 is 0 Å². The summed E-state index contributed by atoms with van der Waals surface area (Å²) in [5.41, 5.74) is 0. The average Bonchev–Trinajstić information content (AvgIpc) is 2.14. The van der Waals surface area contributed by atoms with Gasteiger partial charge in [0.25, 0.3) is 0 Å². The van der Waals surface area contributed by atoms with Gasteiger partial charge in [-0.05, 0) is 33.0 Å². The van der Waals surface area contributed by atoms with Crippen LogP contribution in [-0.2, 0) is 4.74 Å². The number of nitrogens with zero attached hydrogens (tertiary/aromatic N) is 1. The molecule has 0 bridgehead atoms. The zero-order valence-corrected chi connectivity index (χ0v) is 8.62. The molecule has 0 saturated heterocycles. The van der Waals surface area contributed by atoms with Gasteiger partial charge in [0.2, 0.25) is 0 Å². The number of ether oxygens (including phenoxy) is 1.